The van der Waals surface area contributed by atoms with Gasteiger partial charge in [0.2, 0.25) is 11.8 Å². The predicted molar refractivity (Wildman–Crippen MR) is 160 cm³/mol. The molecular weight excluding hydrogens is 488 g/mol. The molecule has 0 saturated heterocycles. The number of benzene rings is 2. The van der Waals surface area contributed by atoms with Gasteiger partial charge in [-0.3, -0.25) is 14.6 Å². The lowest BCUT2D eigenvalue weighted by Gasteiger charge is -2.29. The standard InChI is InChI=1S/C31H48N6O2/c1-4-6-14-24(5-2)29(38)35-22-21-34-28(19-13-20-36-31(32)33)30(39)37(3)23-27(25-15-9-7-10-16-25)26-17-11-8-12-18-26/h7-12,15-18,24,27-28,34H,4-6,13-14,19-23H2,1-3H3,(H,35,38)(H4,32,33,36)/t24?,28-/m0/s1. The van der Waals surface area contributed by atoms with Gasteiger partial charge in [0.1, 0.15) is 0 Å². The molecule has 8 nitrogen and oxygen atoms in total. The van der Waals surface area contributed by atoms with Gasteiger partial charge in [-0.15, -0.1) is 0 Å². The van der Waals surface area contributed by atoms with Crippen LogP contribution in [0.15, 0.2) is 65.7 Å². The second-order valence-electron chi connectivity index (χ2n) is 10.1. The van der Waals surface area contributed by atoms with Crippen molar-refractivity contribution < 1.29 is 9.59 Å². The second-order valence-corrected chi connectivity index (χ2v) is 10.1. The minimum atomic E-state index is -0.407. The zero-order chi connectivity index (χ0) is 28.5. The van der Waals surface area contributed by atoms with Crippen LogP contribution in [0.4, 0.5) is 0 Å². The Morgan fingerprint density at radius 1 is 0.897 bits per heavy atom. The number of amides is 2. The lowest BCUT2D eigenvalue weighted by Crippen LogP contribution is -2.48. The van der Waals surface area contributed by atoms with E-state index in [1.807, 2.05) is 43.4 Å². The molecule has 2 aromatic rings. The SMILES string of the molecule is CCCCC(CC)C(=O)NCCN[C@@H](CCCN=C(N)N)C(=O)N(C)CC(c1ccccc1)c1ccccc1. The van der Waals surface area contributed by atoms with E-state index in [9.17, 15) is 9.59 Å². The number of nitrogens with two attached hydrogens (primary N) is 2. The number of guanidine groups is 1. The maximum Gasteiger partial charge on any atom is 0.239 e. The summed E-state index contributed by atoms with van der Waals surface area (Å²) >= 11 is 0. The molecule has 1 unspecified atom stereocenters. The number of rotatable bonds is 18. The maximum absolute atomic E-state index is 13.7. The molecule has 39 heavy (non-hydrogen) atoms. The third-order valence-corrected chi connectivity index (χ3v) is 7.06. The van der Waals surface area contributed by atoms with Crippen molar-refractivity contribution in [2.45, 2.75) is 64.3 Å². The fourth-order valence-corrected chi connectivity index (χ4v) is 4.77. The van der Waals surface area contributed by atoms with Gasteiger partial charge in [0.05, 0.1) is 6.04 Å². The number of nitrogens with zero attached hydrogens (tertiary/aromatic N) is 2. The molecule has 0 spiro atoms. The van der Waals surface area contributed by atoms with Crippen LogP contribution in [-0.4, -0.2) is 61.9 Å². The summed E-state index contributed by atoms with van der Waals surface area (Å²) in [6.45, 7) is 6.17. The van der Waals surface area contributed by atoms with Crippen molar-refractivity contribution in [3.05, 3.63) is 71.8 Å². The number of carbonyl (C=O) groups excluding carboxylic acids is 2. The van der Waals surface area contributed by atoms with E-state index in [4.69, 9.17) is 11.5 Å². The van der Waals surface area contributed by atoms with Gasteiger partial charge in [0, 0.05) is 45.1 Å². The topological polar surface area (TPSA) is 126 Å². The highest BCUT2D eigenvalue weighted by atomic mass is 16.2. The molecule has 0 fully saturated rings. The Morgan fingerprint density at radius 2 is 1.51 bits per heavy atom. The molecule has 2 aromatic carbocycles. The molecule has 0 heterocycles. The molecule has 0 bridgehead atoms. The Bertz CT molecular complexity index is 955. The molecule has 0 radical (unpaired) electrons. The van der Waals surface area contributed by atoms with Gasteiger partial charge in [0.25, 0.3) is 0 Å². The smallest absolute Gasteiger partial charge is 0.239 e. The van der Waals surface area contributed by atoms with Gasteiger partial charge in [-0.05, 0) is 36.8 Å². The van der Waals surface area contributed by atoms with E-state index >= 15 is 0 Å². The minimum absolute atomic E-state index is 0.0114. The van der Waals surface area contributed by atoms with Gasteiger partial charge in [-0.1, -0.05) is 87.4 Å². The van der Waals surface area contributed by atoms with E-state index in [1.165, 1.54) is 0 Å². The van der Waals surface area contributed by atoms with Crippen molar-refractivity contribution in [1.82, 2.24) is 15.5 Å². The van der Waals surface area contributed by atoms with Crippen LogP contribution in [0.2, 0.25) is 0 Å². The Morgan fingerprint density at radius 3 is 2.05 bits per heavy atom. The fraction of sp³-hybridized carbons (Fsp3) is 0.516. The van der Waals surface area contributed by atoms with E-state index in [0.717, 1.165) is 36.8 Å². The number of hydrogen-bond donors (Lipinski definition) is 4. The van der Waals surface area contributed by atoms with Crippen molar-refractivity contribution in [3.63, 3.8) is 0 Å². The van der Waals surface area contributed by atoms with E-state index < -0.39 is 6.04 Å². The zero-order valence-electron chi connectivity index (χ0n) is 23.9. The molecule has 0 saturated carbocycles. The quantitative estimate of drug-likeness (QED) is 0.132. The van der Waals surface area contributed by atoms with Crippen molar-refractivity contribution in [2.75, 3.05) is 33.2 Å². The van der Waals surface area contributed by atoms with Crippen LogP contribution >= 0.6 is 0 Å². The molecule has 2 atom stereocenters. The summed E-state index contributed by atoms with van der Waals surface area (Å²) in [6, 6.07) is 20.1. The molecule has 0 aliphatic heterocycles. The van der Waals surface area contributed by atoms with Crippen LogP contribution in [-0.2, 0) is 9.59 Å². The number of likely N-dealkylation sites (N-methyl/N-ethyl adjacent to an activating group) is 1. The monoisotopic (exact) mass is 536 g/mol. The van der Waals surface area contributed by atoms with Gasteiger partial charge in [0.15, 0.2) is 5.96 Å². The first-order valence-electron chi connectivity index (χ1n) is 14.3. The number of unbranched alkanes of at least 4 members (excludes halogenated alkanes) is 1. The first-order chi connectivity index (χ1) is 18.9. The van der Waals surface area contributed by atoms with Crippen molar-refractivity contribution in [2.24, 2.45) is 22.4 Å². The summed E-state index contributed by atoms with van der Waals surface area (Å²) in [7, 11) is 1.85. The van der Waals surface area contributed by atoms with Gasteiger partial charge >= 0.3 is 0 Å². The van der Waals surface area contributed by atoms with Crippen LogP contribution in [0.3, 0.4) is 0 Å². The molecule has 2 rings (SSSR count). The Labute approximate surface area is 234 Å². The molecule has 0 aliphatic carbocycles. The van der Waals surface area contributed by atoms with Crippen LogP contribution in [0.25, 0.3) is 0 Å². The van der Waals surface area contributed by atoms with Crippen LogP contribution in [0, 0.1) is 5.92 Å². The molecule has 8 heteroatoms. The molecule has 0 aliphatic rings. The predicted octanol–water partition coefficient (Wildman–Crippen LogP) is 3.62. The van der Waals surface area contributed by atoms with E-state index in [2.05, 4.69) is 53.7 Å². The van der Waals surface area contributed by atoms with Crippen LogP contribution < -0.4 is 22.1 Å². The van der Waals surface area contributed by atoms with Crippen molar-refractivity contribution in [3.8, 4) is 0 Å². The number of nitrogens with one attached hydrogen (secondary N) is 2. The largest absolute Gasteiger partial charge is 0.370 e. The zero-order valence-corrected chi connectivity index (χ0v) is 23.9. The highest BCUT2D eigenvalue weighted by molar-refractivity contribution is 5.82. The Balaban J connectivity index is 2.05. The van der Waals surface area contributed by atoms with E-state index in [0.29, 0.717) is 39.0 Å². The average molecular weight is 537 g/mol. The third kappa shape index (κ3) is 11.5. The molecule has 214 valence electrons. The minimum Gasteiger partial charge on any atom is -0.370 e. The Kier molecular flexibility index (Phi) is 14.7. The molecular formula is C31H48N6O2. The fourth-order valence-electron chi connectivity index (χ4n) is 4.77. The first-order valence-corrected chi connectivity index (χ1v) is 14.3. The van der Waals surface area contributed by atoms with Crippen molar-refractivity contribution in [1.29, 1.82) is 0 Å². The second kappa shape index (κ2) is 18.0. The van der Waals surface area contributed by atoms with Crippen LogP contribution in [0.5, 0.6) is 0 Å². The van der Waals surface area contributed by atoms with Gasteiger partial charge < -0.3 is 27.0 Å². The number of hydrogen-bond acceptors (Lipinski definition) is 4. The highest BCUT2D eigenvalue weighted by Crippen LogP contribution is 2.25. The summed E-state index contributed by atoms with van der Waals surface area (Å²) in [4.78, 5) is 32.1. The molecule has 0 aromatic heterocycles. The van der Waals surface area contributed by atoms with Crippen molar-refractivity contribution >= 4 is 17.8 Å². The van der Waals surface area contributed by atoms with Gasteiger partial charge in [-0.2, -0.15) is 0 Å². The summed E-state index contributed by atoms with van der Waals surface area (Å²) in [5, 5.41) is 6.42. The normalized spacial score (nSPS) is 12.5. The third-order valence-electron chi connectivity index (χ3n) is 7.06. The highest BCUT2D eigenvalue weighted by Gasteiger charge is 2.25. The summed E-state index contributed by atoms with van der Waals surface area (Å²) in [6.07, 6.45) is 5.13. The Hall–Kier alpha value is -3.39. The van der Waals surface area contributed by atoms with Gasteiger partial charge in [-0.25, -0.2) is 0 Å². The maximum atomic E-state index is 13.7. The summed E-state index contributed by atoms with van der Waals surface area (Å²) in [5.74, 6) is 0.247. The van der Waals surface area contributed by atoms with E-state index in [-0.39, 0.29) is 29.6 Å². The molecule has 6 N–H and O–H groups in total. The first kappa shape index (κ1) is 31.8. The van der Waals surface area contributed by atoms with E-state index in [1.54, 1.807) is 4.90 Å². The van der Waals surface area contributed by atoms with Crippen LogP contribution in [0.1, 0.15) is 69.4 Å². The lowest BCUT2D eigenvalue weighted by molar-refractivity contribution is -0.132. The summed E-state index contributed by atoms with van der Waals surface area (Å²) < 4.78 is 0. The average Bonchev–Trinajstić information content (AvgIpc) is 2.95. The lowest BCUT2D eigenvalue weighted by atomic mass is 9.90. The summed E-state index contributed by atoms with van der Waals surface area (Å²) in [5.41, 5.74) is 13.3. The number of aliphatic imine (C=N–C) groups is 1. The number of carbonyl (C=O) groups is 2. The molecule has 2 amide bonds.